The first-order valence-corrected chi connectivity index (χ1v) is 3.47. The van der Waals surface area contributed by atoms with Crippen LogP contribution in [0.3, 0.4) is 0 Å². The lowest BCUT2D eigenvalue weighted by molar-refractivity contribution is -0.135. The normalized spacial score (nSPS) is 45.5. The Morgan fingerprint density at radius 1 is 1.33 bits per heavy atom. The molecule has 1 rings (SSSR count). The molecule has 1 heterocycles. The fraction of sp³-hybridized carbons (Fsp3) is 1.00. The van der Waals surface area contributed by atoms with Gasteiger partial charge in [0.05, 0.1) is 6.61 Å². The number of hydrogen-bond donors (Lipinski definition) is 5. The summed E-state index contributed by atoms with van der Waals surface area (Å²) in [6.45, 7) is 0.420. The van der Waals surface area contributed by atoms with Crippen molar-refractivity contribution in [1.29, 1.82) is 0 Å². The molecule has 5 N–H and O–H groups in total. The van der Waals surface area contributed by atoms with Gasteiger partial charge in [-0.2, -0.15) is 0 Å². The van der Waals surface area contributed by atoms with Gasteiger partial charge in [-0.05, 0) is 6.92 Å². The molecule has 4 atom stereocenters. The summed E-state index contributed by atoms with van der Waals surface area (Å²) in [5.74, 6) is -4.03. The molecular formula is C6H12O6. The number of aliphatic hydroxyl groups is 5. The molecule has 1 fully saturated rings. The van der Waals surface area contributed by atoms with Gasteiger partial charge in [0.15, 0.2) is 0 Å². The van der Waals surface area contributed by atoms with Gasteiger partial charge in [0.25, 0.3) is 5.79 Å². The Morgan fingerprint density at radius 3 is 2.00 bits per heavy atom. The van der Waals surface area contributed by atoms with E-state index in [-0.39, 0.29) is 0 Å². The van der Waals surface area contributed by atoms with E-state index < -0.39 is 30.4 Å². The monoisotopic (exact) mass is 180 g/mol. The molecule has 1 unspecified atom stereocenters. The summed E-state index contributed by atoms with van der Waals surface area (Å²) in [7, 11) is 0. The van der Waals surface area contributed by atoms with E-state index in [0.29, 0.717) is 0 Å². The van der Waals surface area contributed by atoms with Gasteiger partial charge in [0, 0.05) is 0 Å². The molecule has 0 amide bonds. The second-order valence-electron chi connectivity index (χ2n) is 2.98. The van der Waals surface area contributed by atoms with Crippen molar-refractivity contribution in [3.05, 3.63) is 0 Å². The zero-order valence-electron chi connectivity index (χ0n) is 6.51. The maximum absolute atomic E-state index is 9.23. The van der Waals surface area contributed by atoms with E-state index in [0.717, 1.165) is 6.92 Å². The van der Waals surface area contributed by atoms with Crippen LogP contribution in [-0.4, -0.2) is 55.9 Å². The lowest BCUT2D eigenvalue weighted by Gasteiger charge is -2.18. The number of epoxide rings is 1. The Labute approximate surface area is 68.6 Å². The average Bonchev–Trinajstić information content (AvgIpc) is 2.50. The summed E-state index contributed by atoms with van der Waals surface area (Å²) in [4.78, 5) is 0. The predicted molar refractivity (Wildman–Crippen MR) is 35.8 cm³/mol. The summed E-state index contributed by atoms with van der Waals surface area (Å²) in [5.41, 5.74) is 0. The van der Waals surface area contributed by atoms with Crippen molar-refractivity contribution < 1.29 is 30.3 Å². The fourth-order valence-corrected chi connectivity index (χ4v) is 0.973. The molecule has 6 nitrogen and oxygen atoms in total. The third-order valence-corrected chi connectivity index (χ3v) is 1.93. The molecule has 0 spiro atoms. The number of rotatable bonds is 3. The van der Waals surface area contributed by atoms with Crippen LogP contribution in [0.15, 0.2) is 0 Å². The SMILES string of the molecule is CC1(O)O[C@@]1(O)[C@H](O)[C@H](O)CO. The van der Waals surface area contributed by atoms with E-state index in [1.165, 1.54) is 0 Å². The van der Waals surface area contributed by atoms with Gasteiger partial charge in [-0.15, -0.1) is 0 Å². The topological polar surface area (TPSA) is 114 Å². The second kappa shape index (κ2) is 2.63. The minimum Gasteiger partial charge on any atom is -0.394 e. The third-order valence-electron chi connectivity index (χ3n) is 1.93. The number of hydrogen-bond acceptors (Lipinski definition) is 6. The van der Waals surface area contributed by atoms with Crippen molar-refractivity contribution in [2.24, 2.45) is 0 Å². The van der Waals surface area contributed by atoms with Crippen molar-refractivity contribution in [1.82, 2.24) is 0 Å². The van der Waals surface area contributed by atoms with Crippen LogP contribution in [0.2, 0.25) is 0 Å². The Hall–Kier alpha value is -0.240. The maximum atomic E-state index is 9.23. The fourth-order valence-electron chi connectivity index (χ4n) is 0.973. The van der Waals surface area contributed by atoms with E-state index in [1.54, 1.807) is 0 Å². The van der Waals surface area contributed by atoms with Gasteiger partial charge in [-0.25, -0.2) is 0 Å². The zero-order valence-corrected chi connectivity index (χ0v) is 6.51. The molecule has 6 heteroatoms. The van der Waals surface area contributed by atoms with E-state index in [9.17, 15) is 5.11 Å². The molecular weight excluding hydrogens is 168 g/mol. The second-order valence-corrected chi connectivity index (χ2v) is 2.98. The molecule has 0 saturated carbocycles. The van der Waals surface area contributed by atoms with Crippen LogP contribution in [0.4, 0.5) is 0 Å². The summed E-state index contributed by atoms with van der Waals surface area (Å²) >= 11 is 0. The van der Waals surface area contributed by atoms with Crippen molar-refractivity contribution in [3.8, 4) is 0 Å². The van der Waals surface area contributed by atoms with Crippen molar-refractivity contribution in [2.45, 2.75) is 30.7 Å². The van der Waals surface area contributed by atoms with Gasteiger partial charge >= 0.3 is 0 Å². The van der Waals surface area contributed by atoms with E-state index in [4.69, 9.17) is 20.4 Å². The summed E-state index contributed by atoms with van der Waals surface area (Å²) in [6, 6.07) is 0. The van der Waals surface area contributed by atoms with Crippen LogP contribution >= 0.6 is 0 Å². The zero-order chi connectivity index (χ0) is 9.57. The van der Waals surface area contributed by atoms with Crippen molar-refractivity contribution in [2.75, 3.05) is 6.61 Å². The largest absolute Gasteiger partial charge is 0.394 e. The van der Waals surface area contributed by atoms with E-state index in [1.807, 2.05) is 0 Å². The van der Waals surface area contributed by atoms with E-state index in [2.05, 4.69) is 4.74 Å². The molecule has 0 aliphatic carbocycles. The van der Waals surface area contributed by atoms with Crippen LogP contribution < -0.4 is 0 Å². The summed E-state index contributed by atoms with van der Waals surface area (Å²) in [6.07, 6.45) is -3.26. The highest BCUT2D eigenvalue weighted by Crippen LogP contribution is 2.46. The molecule has 0 bridgehead atoms. The first-order chi connectivity index (χ1) is 5.35. The first kappa shape index (κ1) is 9.85. The highest BCUT2D eigenvalue weighted by molar-refractivity contribution is 5.04. The smallest absolute Gasteiger partial charge is 0.253 e. The molecule has 72 valence electrons. The minimum absolute atomic E-state index is 0.719. The molecule has 12 heavy (non-hydrogen) atoms. The van der Waals surface area contributed by atoms with Crippen molar-refractivity contribution in [3.63, 3.8) is 0 Å². The molecule has 0 aromatic rings. The number of aliphatic hydroxyl groups excluding tert-OH is 3. The van der Waals surface area contributed by atoms with Crippen LogP contribution in [0, 0.1) is 0 Å². The van der Waals surface area contributed by atoms with Gasteiger partial charge in [0.1, 0.15) is 12.2 Å². The standard InChI is InChI=1S/C6H12O6/c1-5(10)6(11,12-5)4(9)3(8)2-7/h3-4,7-11H,2H2,1H3/t3-,4-,5?,6+/m1/s1. The quantitative estimate of drug-likeness (QED) is 0.298. The highest BCUT2D eigenvalue weighted by atomic mass is 16.8. The van der Waals surface area contributed by atoms with Gasteiger partial charge in [-0.3, -0.25) is 0 Å². The molecule has 0 radical (unpaired) electrons. The van der Waals surface area contributed by atoms with Crippen LogP contribution in [-0.2, 0) is 4.74 Å². The van der Waals surface area contributed by atoms with Crippen LogP contribution in [0.1, 0.15) is 6.92 Å². The lowest BCUT2D eigenvalue weighted by atomic mass is 10.0. The Balaban J connectivity index is 2.61. The minimum atomic E-state index is -2.17. The molecule has 1 aliphatic heterocycles. The highest BCUT2D eigenvalue weighted by Gasteiger charge is 2.71. The summed E-state index contributed by atoms with van der Waals surface area (Å²) < 4.78 is 4.37. The molecule has 0 aromatic heterocycles. The molecule has 0 aromatic carbocycles. The lowest BCUT2D eigenvalue weighted by Crippen LogP contribution is -2.45. The first-order valence-electron chi connectivity index (χ1n) is 3.47. The Kier molecular flexibility index (Phi) is 2.15. The van der Waals surface area contributed by atoms with E-state index >= 15 is 0 Å². The number of ether oxygens (including phenoxy) is 1. The molecule has 1 aliphatic rings. The van der Waals surface area contributed by atoms with Crippen LogP contribution in [0.5, 0.6) is 0 Å². The third kappa shape index (κ3) is 1.22. The Bertz CT molecular complexity index is 181. The van der Waals surface area contributed by atoms with Gasteiger partial charge < -0.3 is 30.3 Å². The van der Waals surface area contributed by atoms with Crippen molar-refractivity contribution >= 4 is 0 Å². The average molecular weight is 180 g/mol. The maximum Gasteiger partial charge on any atom is 0.253 e. The predicted octanol–water partition coefficient (Wildman–Crippen LogP) is -2.87. The van der Waals surface area contributed by atoms with Gasteiger partial charge in [0.2, 0.25) is 5.79 Å². The molecule has 1 saturated heterocycles. The van der Waals surface area contributed by atoms with Gasteiger partial charge in [-0.1, -0.05) is 0 Å². The van der Waals surface area contributed by atoms with Crippen LogP contribution in [0.25, 0.3) is 0 Å². The summed E-state index contributed by atoms with van der Waals surface area (Å²) in [5, 5.41) is 44.7. The Morgan fingerprint density at radius 2 is 1.75 bits per heavy atom.